The van der Waals surface area contributed by atoms with Crippen LogP contribution in [0, 0.1) is 5.92 Å². The van der Waals surface area contributed by atoms with Gasteiger partial charge in [-0.25, -0.2) is 13.1 Å². The quantitative estimate of drug-likeness (QED) is 0.557. The lowest BCUT2D eigenvalue weighted by atomic mass is 10.2. The first-order chi connectivity index (χ1) is 8.16. The van der Waals surface area contributed by atoms with Gasteiger partial charge in [-0.3, -0.25) is 9.59 Å². The van der Waals surface area contributed by atoms with Crippen LogP contribution in [0.5, 0.6) is 0 Å². The van der Waals surface area contributed by atoms with Gasteiger partial charge in [-0.2, -0.15) is 0 Å². The summed E-state index contributed by atoms with van der Waals surface area (Å²) in [7, 11) is -3.92. The van der Waals surface area contributed by atoms with Gasteiger partial charge in [0.25, 0.3) is 0 Å². The summed E-state index contributed by atoms with van der Waals surface area (Å²) in [4.78, 5) is 21.8. The molecule has 1 atom stereocenters. The Labute approximate surface area is 107 Å². The molecule has 0 saturated heterocycles. The first-order valence-electron chi connectivity index (χ1n) is 5.64. The van der Waals surface area contributed by atoms with Crippen molar-refractivity contribution in [2.45, 2.75) is 32.4 Å². The largest absolute Gasteiger partial charge is 0.480 e. The van der Waals surface area contributed by atoms with E-state index in [1.807, 2.05) is 13.8 Å². The lowest BCUT2D eigenvalue weighted by molar-refractivity contribution is -0.136. The number of amides is 1. The molecule has 0 bridgehead atoms. The number of carboxylic acids is 1. The summed E-state index contributed by atoms with van der Waals surface area (Å²) in [6.45, 7) is 5.37. The smallest absolute Gasteiger partial charge is 0.323 e. The molecule has 1 amide bonds. The summed E-state index contributed by atoms with van der Waals surface area (Å²) in [5.41, 5.74) is 0. The van der Waals surface area contributed by atoms with E-state index in [0.717, 1.165) is 6.92 Å². The van der Waals surface area contributed by atoms with Gasteiger partial charge in [0, 0.05) is 19.5 Å². The van der Waals surface area contributed by atoms with E-state index in [2.05, 4.69) is 10.0 Å². The van der Waals surface area contributed by atoms with Crippen LogP contribution in [-0.2, 0) is 19.6 Å². The molecular formula is C10H20N2O5S. The average Bonchev–Trinajstić information content (AvgIpc) is 2.24. The van der Waals surface area contributed by atoms with Gasteiger partial charge >= 0.3 is 5.97 Å². The Bertz CT molecular complexity index is 391. The van der Waals surface area contributed by atoms with Crippen molar-refractivity contribution in [3.05, 3.63) is 0 Å². The fourth-order valence-corrected chi connectivity index (χ4v) is 1.87. The summed E-state index contributed by atoms with van der Waals surface area (Å²) < 4.78 is 24.9. The maximum absolute atomic E-state index is 11.4. The topological polar surface area (TPSA) is 113 Å². The van der Waals surface area contributed by atoms with Gasteiger partial charge in [0.15, 0.2) is 5.25 Å². The van der Waals surface area contributed by atoms with Crippen molar-refractivity contribution in [1.82, 2.24) is 10.0 Å². The molecule has 0 heterocycles. The van der Waals surface area contributed by atoms with Gasteiger partial charge in [-0.15, -0.1) is 0 Å². The Kier molecular flexibility index (Phi) is 6.85. The lowest BCUT2D eigenvalue weighted by Gasteiger charge is -2.10. The molecule has 0 aliphatic carbocycles. The van der Waals surface area contributed by atoms with E-state index in [1.165, 1.54) is 0 Å². The maximum atomic E-state index is 11.4. The molecule has 0 aromatic heterocycles. The van der Waals surface area contributed by atoms with Crippen LogP contribution in [0.3, 0.4) is 0 Å². The number of carbonyl (C=O) groups is 2. The molecule has 0 aliphatic rings. The first kappa shape index (κ1) is 16.9. The number of carbonyl (C=O) groups excluding carboxylic acids is 1. The van der Waals surface area contributed by atoms with Crippen molar-refractivity contribution in [3.8, 4) is 0 Å². The molecule has 0 aliphatic heterocycles. The number of sulfonamides is 1. The van der Waals surface area contributed by atoms with E-state index in [1.54, 1.807) is 0 Å². The van der Waals surface area contributed by atoms with Crippen LogP contribution < -0.4 is 10.0 Å². The Morgan fingerprint density at radius 2 is 1.78 bits per heavy atom. The summed E-state index contributed by atoms with van der Waals surface area (Å²) in [5.74, 6) is -1.38. The van der Waals surface area contributed by atoms with Crippen molar-refractivity contribution >= 4 is 21.9 Å². The second-order valence-electron chi connectivity index (χ2n) is 4.37. The predicted octanol–water partition coefficient (Wildman–Crippen LogP) is -0.459. The maximum Gasteiger partial charge on any atom is 0.323 e. The zero-order valence-corrected chi connectivity index (χ0v) is 11.6. The zero-order chi connectivity index (χ0) is 14.3. The zero-order valence-electron chi connectivity index (χ0n) is 10.8. The van der Waals surface area contributed by atoms with Crippen molar-refractivity contribution in [2.75, 3.05) is 13.1 Å². The Hall–Kier alpha value is -1.15. The molecule has 18 heavy (non-hydrogen) atoms. The Morgan fingerprint density at radius 1 is 1.22 bits per heavy atom. The SMILES string of the molecule is CC(C)CNC(=O)CCNS(=O)(=O)C(C)C(=O)O. The second-order valence-corrected chi connectivity index (χ2v) is 6.45. The number of carboxylic acid groups (broad SMARTS) is 1. The fraction of sp³-hybridized carbons (Fsp3) is 0.800. The van der Waals surface area contributed by atoms with Crippen LogP contribution in [0.25, 0.3) is 0 Å². The monoisotopic (exact) mass is 280 g/mol. The van der Waals surface area contributed by atoms with E-state index in [9.17, 15) is 18.0 Å². The molecule has 0 spiro atoms. The Morgan fingerprint density at radius 3 is 2.22 bits per heavy atom. The van der Waals surface area contributed by atoms with Gasteiger partial charge in [0.2, 0.25) is 15.9 Å². The third kappa shape index (κ3) is 6.55. The molecule has 0 fully saturated rings. The van der Waals surface area contributed by atoms with Crippen molar-refractivity contribution in [1.29, 1.82) is 0 Å². The summed E-state index contributed by atoms with van der Waals surface area (Å²) in [6.07, 6.45) is -0.0156. The predicted molar refractivity (Wildman–Crippen MR) is 66.5 cm³/mol. The third-order valence-corrected chi connectivity index (χ3v) is 3.92. The standard InChI is InChI=1S/C10H20N2O5S/c1-7(2)6-11-9(13)4-5-12-18(16,17)8(3)10(14)15/h7-8,12H,4-6H2,1-3H3,(H,11,13)(H,14,15). The van der Waals surface area contributed by atoms with Crippen LogP contribution >= 0.6 is 0 Å². The summed E-state index contributed by atoms with van der Waals surface area (Å²) in [5, 5.41) is 9.67. The molecule has 106 valence electrons. The van der Waals surface area contributed by atoms with E-state index in [4.69, 9.17) is 5.11 Å². The molecule has 0 saturated carbocycles. The normalized spacial score (nSPS) is 13.3. The molecule has 0 aromatic rings. The third-order valence-electron chi connectivity index (χ3n) is 2.18. The van der Waals surface area contributed by atoms with Crippen LogP contribution in [0.4, 0.5) is 0 Å². The number of nitrogens with one attached hydrogen (secondary N) is 2. The number of hydrogen-bond donors (Lipinski definition) is 3. The van der Waals surface area contributed by atoms with Gasteiger partial charge in [0.05, 0.1) is 0 Å². The van der Waals surface area contributed by atoms with Crippen molar-refractivity contribution in [2.24, 2.45) is 5.92 Å². The minimum Gasteiger partial charge on any atom is -0.480 e. The van der Waals surface area contributed by atoms with Gasteiger partial charge < -0.3 is 10.4 Å². The highest BCUT2D eigenvalue weighted by Gasteiger charge is 2.26. The second kappa shape index (κ2) is 7.32. The summed E-state index contributed by atoms with van der Waals surface area (Å²) in [6, 6.07) is 0. The van der Waals surface area contributed by atoms with Crippen LogP contribution in [0.1, 0.15) is 27.2 Å². The van der Waals surface area contributed by atoms with E-state index >= 15 is 0 Å². The van der Waals surface area contributed by atoms with Crippen LogP contribution in [0.2, 0.25) is 0 Å². The molecule has 1 unspecified atom stereocenters. The van der Waals surface area contributed by atoms with E-state index in [0.29, 0.717) is 12.5 Å². The van der Waals surface area contributed by atoms with E-state index < -0.39 is 21.2 Å². The van der Waals surface area contributed by atoms with Crippen LogP contribution in [0.15, 0.2) is 0 Å². The minimum atomic E-state index is -3.92. The minimum absolute atomic E-state index is 0.0156. The summed E-state index contributed by atoms with van der Waals surface area (Å²) >= 11 is 0. The highest BCUT2D eigenvalue weighted by atomic mass is 32.2. The highest BCUT2D eigenvalue weighted by Crippen LogP contribution is 1.98. The molecule has 8 heteroatoms. The number of hydrogen-bond acceptors (Lipinski definition) is 4. The highest BCUT2D eigenvalue weighted by molar-refractivity contribution is 7.90. The van der Waals surface area contributed by atoms with Crippen molar-refractivity contribution in [3.63, 3.8) is 0 Å². The molecule has 7 nitrogen and oxygen atoms in total. The van der Waals surface area contributed by atoms with Gasteiger partial charge in [-0.1, -0.05) is 13.8 Å². The average molecular weight is 280 g/mol. The lowest BCUT2D eigenvalue weighted by Crippen LogP contribution is -2.39. The van der Waals surface area contributed by atoms with Gasteiger partial charge in [0.1, 0.15) is 0 Å². The van der Waals surface area contributed by atoms with Crippen LogP contribution in [-0.4, -0.2) is 43.7 Å². The first-order valence-corrected chi connectivity index (χ1v) is 7.19. The van der Waals surface area contributed by atoms with E-state index in [-0.39, 0.29) is 18.9 Å². The molecule has 0 aromatic carbocycles. The Balaban J connectivity index is 4.04. The van der Waals surface area contributed by atoms with Crippen molar-refractivity contribution < 1.29 is 23.1 Å². The molecule has 3 N–H and O–H groups in total. The number of rotatable bonds is 8. The van der Waals surface area contributed by atoms with Gasteiger partial charge in [-0.05, 0) is 12.8 Å². The number of aliphatic carboxylic acids is 1. The fourth-order valence-electron chi connectivity index (χ4n) is 0.971. The molecular weight excluding hydrogens is 260 g/mol. The molecule has 0 rings (SSSR count). The molecule has 0 radical (unpaired) electrons.